The molecule has 4 rings (SSSR count). The van der Waals surface area contributed by atoms with Crippen molar-refractivity contribution in [1.82, 2.24) is 0 Å². The van der Waals surface area contributed by atoms with E-state index >= 15 is 0 Å². The fourth-order valence-electron chi connectivity index (χ4n) is 9.26. The van der Waals surface area contributed by atoms with Gasteiger partial charge in [-0.2, -0.15) is 0 Å². The average Bonchev–Trinajstić information content (AvgIpc) is 2.99. The van der Waals surface area contributed by atoms with Crippen molar-refractivity contribution in [3.05, 3.63) is 0 Å². The van der Waals surface area contributed by atoms with E-state index < -0.39 is 0 Å². The quantitative estimate of drug-likeness (QED) is 0.518. The van der Waals surface area contributed by atoms with E-state index in [1.165, 1.54) is 64.2 Å². The second-order valence-electron chi connectivity index (χ2n) is 12.6. The molecule has 1 heteroatoms. The maximum Gasteiger partial charge on any atom is 0.0543 e. The van der Waals surface area contributed by atoms with Gasteiger partial charge < -0.3 is 5.11 Å². The Balaban J connectivity index is 1.46. The van der Waals surface area contributed by atoms with Gasteiger partial charge in [0.15, 0.2) is 0 Å². The van der Waals surface area contributed by atoms with Crippen LogP contribution in [0.4, 0.5) is 0 Å². The van der Waals surface area contributed by atoms with E-state index in [1.54, 1.807) is 0 Å². The third-order valence-electron chi connectivity index (χ3n) is 10.8. The van der Waals surface area contributed by atoms with E-state index in [0.717, 1.165) is 54.3 Å². The molecule has 0 radical (unpaired) electrons. The Hall–Kier alpha value is -0.0400. The molecule has 1 nitrogen and oxygen atoms in total. The zero-order chi connectivity index (χ0) is 20.1. The first-order chi connectivity index (χ1) is 13.3. The van der Waals surface area contributed by atoms with Crippen molar-refractivity contribution in [2.45, 2.75) is 118 Å². The minimum absolute atomic E-state index is 0.00830. The van der Waals surface area contributed by atoms with Crippen LogP contribution in [-0.2, 0) is 0 Å². The SMILES string of the molecule is CC(C)CCC[C@@H](C)C1CC[C@H]2C3CC[C@H]4CC(O)CCC4(C)[C@H]3CCC12C. The van der Waals surface area contributed by atoms with Crippen LogP contribution in [0.3, 0.4) is 0 Å². The monoisotopic (exact) mass is 388 g/mol. The second-order valence-corrected chi connectivity index (χ2v) is 12.6. The van der Waals surface area contributed by atoms with E-state index in [0.29, 0.717) is 10.8 Å². The minimum atomic E-state index is -0.00830. The summed E-state index contributed by atoms with van der Waals surface area (Å²) in [4.78, 5) is 0. The highest BCUT2D eigenvalue weighted by Crippen LogP contribution is 2.68. The topological polar surface area (TPSA) is 20.2 Å². The highest BCUT2D eigenvalue weighted by molar-refractivity contribution is 5.09. The summed E-state index contributed by atoms with van der Waals surface area (Å²) in [6.07, 6.45) is 16.6. The fourth-order valence-corrected chi connectivity index (χ4v) is 9.26. The van der Waals surface area contributed by atoms with Crippen LogP contribution in [0.25, 0.3) is 0 Å². The molecule has 4 saturated carbocycles. The fraction of sp³-hybridized carbons (Fsp3) is 1.00. The number of aliphatic hydroxyl groups is 1. The van der Waals surface area contributed by atoms with Crippen molar-refractivity contribution >= 4 is 0 Å². The lowest BCUT2D eigenvalue weighted by Crippen LogP contribution is -2.54. The molecule has 0 bridgehead atoms. The van der Waals surface area contributed by atoms with Gasteiger partial charge in [0, 0.05) is 0 Å². The molecule has 4 aliphatic rings. The van der Waals surface area contributed by atoms with Gasteiger partial charge in [-0.25, -0.2) is 0 Å². The van der Waals surface area contributed by atoms with Crippen LogP contribution in [0.5, 0.6) is 0 Å². The summed E-state index contributed by atoms with van der Waals surface area (Å²) >= 11 is 0. The highest BCUT2D eigenvalue weighted by Gasteiger charge is 2.60. The normalized spacial score (nSPS) is 49.4. The van der Waals surface area contributed by atoms with Crippen LogP contribution in [-0.4, -0.2) is 11.2 Å². The van der Waals surface area contributed by atoms with Crippen LogP contribution in [0.1, 0.15) is 112 Å². The zero-order valence-corrected chi connectivity index (χ0v) is 19.6. The number of rotatable bonds is 5. The summed E-state index contributed by atoms with van der Waals surface area (Å²) in [5.74, 6) is 6.49. The Labute approximate surface area is 175 Å². The predicted molar refractivity (Wildman–Crippen MR) is 119 cm³/mol. The van der Waals surface area contributed by atoms with Crippen LogP contribution >= 0.6 is 0 Å². The van der Waals surface area contributed by atoms with Crippen molar-refractivity contribution in [1.29, 1.82) is 0 Å². The molecule has 0 spiro atoms. The zero-order valence-electron chi connectivity index (χ0n) is 19.6. The lowest BCUT2D eigenvalue weighted by Gasteiger charge is -2.61. The first-order valence-electron chi connectivity index (χ1n) is 12.9. The third-order valence-corrected chi connectivity index (χ3v) is 10.8. The smallest absolute Gasteiger partial charge is 0.0543 e. The molecule has 0 aliphatic heterocycles. The average molecular weight is 389 g/mol. The standard InChI is InChI=1S/C27H48O/c1-18(2)7-6-8-19(3)23-11-12-24-22-10-9-20-17-21(28)13-15-26(20,4)25(22)14-16-27(23,24)5/h18-25,28H,6-17H2,1-5H3/t19-,20+,21?,22?,23?,24+,25+,26?,27?/m1/s1. The van der Waals surface area contributed by atoms with Gasteiger partial charge in [0.25, 0.3) is 0 Å². The molecule has 4 aliphatic carbocycles. The second kappa shape index (κ2) is 7.90. The third kappa shape index (κ3) is 3.50. The maximum atomic E-state index is 10.3. The van der Waals surface area contributed by atoms with Gasteiger partial charge in [0.2, 0.25) is 0 Å². The predicted octanol–water partition coefficient (Wildman–Crippen LogP) is 7.47. The summed E-state index contributed by atoms with van der Waals surface area (Å²) in [5.41, 5.74) is 1.15. The van der Waals surface area contributed by atoms with E-state index in [1.807, 2.05) is 0 Å². The van der Waals surface area contributed by atoms with E-state index in [4.69, 9.17) is 0 Å². The largest absolute Gasteiger partial charge is 0.393 e. The van der Waals surface area contributed by atoms with Crippen molar-refractivity contribution in [3.8, 4) is 0 Å². The maximum absolute atomic E-state index is 10.3. The Morgan fingerprint density at radius 3 is 2.29 bits per heavy atom. The van der Waals surface area contributed by atoms with E-state index in [2.05, 4.69) is 34.6 Å². The lowest BCUT2D eigenvalue weighted by atomic mass is 9.44. The number of fused-ring (bicyclic) bond motifs is 5. The molecular formula is C27H48O. The lowest BCUT2D eigenvalue weighted by molar-refractivity contribution is -0.129. The Morgan fingerprint density at radius 2 is 1.54 bits per heavy atom. The molecule has 0 heterocycles. The Morgan fingerprint density at radius 1 is 0.821 bits per heavy atom. The molecule has 28 heavy (non-hydrogen) atoms. The number of hydrogen-bond acceptors (Lipinski definition) is 1. The molecule has 9 atom stereocenters. The molecule has 162 valence electrons. The molecule has 1 N–H and O–H groups in total. The first kappa shape index (κ1) is 21.2. The van der Waals surface area contributed by atoms with Crippen LogP contribution < -0.4 is 0 Å². The summed E-state index contributed by atoms with van der Waals surface area (Å²) in [6.45, 7) is 12.7. The molecule has 0 aromatic rings. The Kier molecular flexibility index (Phi) is 5.98. The minimum Gasteiger partial charge on any atom is -0.393 e. The summed E-state index contributed by atoms with van der Waals surface area (Å²) in [5, 5.41) is 10.3. The van der Waals surface area contributed by atoms with Gasteiger partial charge in [0.05, 0.1) is 6.10 Å². The molecule has 4 fully saturated rings. The summed E-state index contributed by atoms with van der Waals surface area (Å²) in [6, 6.07) is 0. The van der Waals surface area contributed by atoms with E-state index in [9.17, 15) is 5.11 Å². The van der Waals surface area contributed by atoms with Gasteiger partial charge >= 0.3 is 0 Å². The first-order valence-corrected chi connectivity index (χ1v) is 12.9. The van der Waals surface area contributed by atoms with Gasteiger partial charge in [-0.3, -0.25) is 0 Å². The van der Waals surface area contributed by atoms with E-state index in [-0.39, 0.29) is 6.10 Å². The van der Waals surface area contributed by atoms with Crippen LogP contribution in [0.15, 0.2) is 0 Å². The van der Waals surface area contributed by atoms with Crippen molar-refractivity contribution in [2.75, 3.05) is 0 Å². The van der Waals surface area contributed by atoms with Crippen molar-refractivity contribution in [2.24, 2.45) is 52.3 Å². The van der Waals surface area contributed by atoms with Crippen molar-refractivity contribution < 1.29 is 5.11 Å². The summed E-state index contributed by atoms with van der Waals surface area (Å²) < 4.78 is 0. The molecule has 0 aromatic heterocycles. The molecule has 0 saturated heterocycles. The van der Waals surface area contributed by atoms with Crippen LogP contribution in [0, 0.1) is 52.3 Å². The highest BCUT2D eigenvalue weighted by atomic mass is 16.3. The van der Waals surface area contributed by atoms with Gasteiger partial charge in [-0.15, -0.1) is 0 Å². The Bertz CT molecular complexity index is 540. The number of hydrogen-bond donors (Lipinski definition) is 1. The molecule has 0 amide bonds. The molecule has 0 aromatic carbocycles. The van der Waals surface area contributed by atoms with Gasteiger partial charge in [-0.05, 0) is 110 Å². The molecular weight excluding hydrogens is 340 g/mol. The number of aliphatic hydroxyl groups excluding tert-OH is 1. The van der Waals surface area contributed by atoms with Crippen LogP contribution in [0.2, 0.25) is 0 Å². The van der Waals surface area contributed by atoms with Crippen molar-refractivity contribution in [3.63, 3.8) is 0 Å². The molecule has 5 unspecified atom stereocenters. The van der Waals surface area contributed by atoms with Gasteiger partial charge in [-0.1, -0.05) is 53.9 Å². The van der Waals surface area contributed by atoms with Gasteiger partial charge in [0.1, 0.15) is 0 Å². The summed E-state index contributed by atoms with van der Waals surface area (Å²) in [7, 11) is 0.